The van der Waals surface area contributed by atoms with Gasteiger partial charge in [0.15, 0.2) is 0 Å². The zero-order valence-corrected chi connectivity index (χ0v) is 30.4. The highest BCUT2D eigenvalue weighted by Gasteiger charge is 2.19. The lowest BCUT2D eigenvalue weighted by molar-refractivity contribution is 0.669. The number of furan rings is 1. The van der Waals surface area contributed by atoms with Crippen LogP contribution < -0.4 is 0 Å². The van der Waals surface area contributed by atoms with E-state index in [-0.39, 0.29) is 57.6 Å². The van der Waals surface area contributed by atoms with Crippen molar-refractivity contribution in [1.82, 2.24) is 9.13 Å². The molecule has 0 aliphatic rings. The number of hydrogen-bond acceptors (Lipinski definition) is 1. The molecule has 0 amide bonds. The van der Waals surface area contributed by atoms with Gasteiger partial charge in [-0.25, -0.2) is 0 Å². The van der Waals surface area contributed by atoms with Crippen LogP contribution in [0.5, 0.6) is 0 Å². The minimum Gasteiger partial charge on any atom is -0.456 e. The molecule has 3 heterocycles. The molecule has 0 bridgehead atoms. The van der Waals surface area contributed by atoms with Crippen LogP contribution in [-0.4, -0.2) is 9.13 Å². The molecule has 266 valence electrons. The van der Waals surface area contributed by atoms with Crippen LogP contribution in [0.25, 0.3) is 110 Å². The Labute approximate surface area is 338 Å². The Bertz CT molecular complexity index is 3930. The lowest BCUT2D eigenvalue weighted by Crippen LogP contribution is -1.97. The van der Waals surface area contributed by atoms with Crippen LogP contribution >= 0.6 is 0 Å². The average molecular weight is 734 g/mol. The highest BCUT2D eigenvalue weighted by Crippen LogP contribution is 2.41. The summed E-state index contributed by atoms with van der Waals surface area (Å²) in [5, 5.41) is 3.83. The first kappa shape index (κ1) is 25.5. The van der Waals surface area contributed by atoms with Crippen molar-refractivity contribution >= 4 is 65.6 Å². The molecule has 0 unspecified atom stereocenters. The van der Waals surface area contributed by atoms with Gasteiger partial charge >= 0.3 is 0 Å². The van der Waals surface area contributed by atoms with E-state index in [9.17, 15) is 6.85 Å². The van der Waals surface area contributed by atoms with Crippen molar-refractivity contribution in [2.75, 3.05) is 0 Å². The largest absolute Gasteiger partial charge is 0.456 e. The maximum atomic E-state index is 9.97. The summed E-state index contributed by atoms with van der Waals surface area (Å²) in [4.78, 5) is 0. The first-order valence-electron chi connectivity index (χ1n) is 22.4. The Morgan fingerprint density at radius 3 is 1.82 bits per heavy atom. The van der Waals surface area contributed by atoms with Gasteiger partial charge in [-0.15, -0.1) is 0 Å². The Morgan fingerprint density at radius 2 is 1.02 bits per heavy atom. The lowest BCUT2D eigenvalue weighted by Gasteiger charge is -2.14. The number of benzene rings is 9. The maximum Gasteiger partial charge on any atom is 0.135 e. The van der Waals surface area contributed by atoms with E-state index >= 15 is 0 Å². The van der Waals surface area contributed by atoms with Gasteiger partial charge in [-0.1, -0.05) is 133 Å². The molecule has 0 saturated carbocycles. The van der Waals surface area contributed by atoms with Gasteiger partial charge in [0.2, 0.25) is 0 Å². The smallest absolute Gasteiger partial charge is 0.135 e. The third-order valence-corrected chi connectivity index (χ3v) is 11.2. The molecule has 0 aliphatic carbocycles. The number of nitrogens with zero attached hydrogens (tertiary/aromatic N) is 2. The topological polar surface area (TPSA) is 23.0 Å². The summed E-state index contributed by atoms with van der Waals surface area (Å²) in [6.07, 6.45) is 0. The van der Waals surface area contributed by atoms with Crippen LogP contribution in [0.4, 0.5) is 0 Å². The van der Waals surface area contributed by atoms with Crippen LogP contribution in [-0.2, 0) is 0 Å². The maximum absolute atomic E-state index is 9.97. The normalized spacial score (nSPS) is 13.6. The first-order valence-corrected chi connectivity index (χ1v) is 18.9. The predicted octanol–water partition coefficient (Wildman–Crippen LogP) is 14.8. The van der Waals surface area contributed by atoms with Crippen molar-refractivity contribution in [1.29, 1.82) is 0 Å². The second-order valence-electron chi connectivity index (χ2n) is 14.4. The Balaban J connectivity index is 1.15. The Kier molecular flexibility index (Phi) is 5.56. The second-order valence-corrected chi connectivity index (χ2v) is 14.4. The van der Waals surface area contributed by atoms with Crippen LogP contribution in [0.2, 0.25) is 0 Å². The van der Waals surface area contributed by atoms with Gasteiger partial charge in [0.1, 0.15) is 11.2 Å². The van der Waals surface area contributed by atoms with Crippen LogP contribution in [0, 0.1) is 0 Å². The van der Waals surface area contributed by atoms with Gasteiger partial charge in [0.05, 0.1) is 37.3 Å². The molecule has 3 heteroatoms. The SMILES string of the molecule is [2H]c1c([2H])c([2H])c2c(c1[2H])c1c([2H])c(-c3ccc4c(c3)c3cc(-c5ccccc5)ccc3n4-c3ccccc3-c3ccccc3)c([2H])c([2H])c1n2-c1ccc2oc3ccccc3c2c1. The van der Waals surface area contributed by atoms with Crippen LogP contribution in [0.1, 0.15) is 9.60 Å². The van der Waals surface area contributed by atoms with Crippen molar-refractivity contribution in [2.45, 2.75) is 0 Å². The molecule has 0 radical (unpaired) electrons. The number of hydrogen-bond donors (Lipinski definition) is 0. The highest BCUT2D eigenvalue weighted by molar-refractivity contribution is 6.14. The molecular formula is C54H34N2O. The van der Waals surface area contributed by atoms with E-state index in [1.807, 2.05) is 103 Å². The van der Waals surface area contributed by atoms with Gasteiger partial charge in [0, 0.05) is 43.6 Å². The summed E-state index contributed by atoms with van der Waals surface area (Å²) in [6.45, 7) is 0. The summed E-state index contributed by atoms with van der Waals surface area (Å²) in [5.74, 6) is 0. The Hall–Kier alpha value is -7.62. The fourth-order valence-electron chi connectivity index (χ4n) is 8.55. The third kappa shape index (κ3) is 4.92. The molecule has 0 spiro atoms. The lowest BCUT2D eigenvalue weighted by atomic mass is 9.99. The van der Waals surface area contributed by atoms with Gasteiger partial charge in [-0.2, -0.15) is 0 Å². The molecule has 57 heavy (non-hydrogen) atoms. The molecular weight excluding hydrogens is 693 g/mol. The molecule has 0 aliphatic heterocycles. The molecule has 0 saturated heterocycles. The molecule has 12 rings (SSSR count). The fourth-order valence-corrected chi connectivity index (χ4v) is 8.55. The van der Waals surface area contributed by atoms with Gasteiger partial charge in [0.25, 0.3) is 0 Å². The van der Waals surface area contributed by atoms with Gasteiger partial charge in [-0.3, -0.25) is 0 Å². The molecule has 3 aromatic heterocycles. The zero-order valence-electron chi connectivity index (χ0n) is 37.4. The van der Waals surface area contributed by atoms with Gasteiger partial charge in [-0.05, 0) is 101 Å². The van der Waals surface area contributed by atoms with E-state index in [0.29, 0.717) is 22.4 Å². The molecule has 9 aromatic carbocycles. The monoisotopic (exact) mass is 733 g/mol. The summed E-state index contributed by atoms with van der Waals surface area (Å²) >= 11 is 0. The van der Waals surface area contributed by atoms with Crippen molar-refractivity contribution in [3.8, 4) is 44.8 Å². The van der Waals surface area contributed by atoms with E-state index in [1.54, 1.807) is 10.6 Å². The van der Waals surface area contributed by atoms with Gasteiger partial charge < -0.3 is 13.6 Å². The third-order valence-electron chi connectivity index (χ3n) is 11.2. The minimum absolute atomic E-state index is 0.0953. The second kappa shape index (κ2) is 12.5. The number of aromatic nitrogens is 2. The van der Waals surface area contributed by atoms with Crippen LogP contribution in [0.3, 0.4) is 0 Å². The molecule has 12 aromatic rings. The summed E-state index contributed by atoms with van der Waals surface area (Å²) in [5.41, 5.74) is 10.0. The van der Waals surface area contributed by atoms with Crippen molar-refractivity contribution in [3.05, 3.63) is 206 Å². The average Bonchev–Trinajstić information content (AvgIpc) is 4.00. The first-order chi connectivity index (χ1) is 31.2. The molecule has 0 atom stereocenters. The molecule has 0 N–H and O–H groups in total. The number of rotatable bonds is 5. The molecule has 0 fully saturated rings. The van der Waals surface area contributed by atoms with E-state index in [4.69, 9.17) is 7.16 Å². The van der Waals surface area contributed by atoms with Crippen LogP contribution in [0.15, 0.2) is 211 Å². The highest BCUT2D eigenvalue weighted by atomic mass is 16.3. The number of para-hydroxylation sites is 3. The summed E-state index contributed by atoms with van der Waals surface area (Å²) < 4.78 is 75.3. The summed E-state index contributed by atoms with van der Waals surface area (Å²) in [6, 6.07) is 52.4. The zero-order chi connectivity index (χ0) is 43.5. The van der Waals surface area contributed by atoms with Crippen molar-refractivity contribution in [3.63, 3.8) is 0 Å². The van der Waals surface area contributed by atoms with Crippen molar-refractivity contribution < 1.29 is 14.0 Å². The number of fused-ring (bicyclic) bond motifs is 9. The van der Waals surface area contributed by atoms with E-state index in [0.717, 1.165) is 60.5 Å². The fraction of sp³-hybridized carbons (Fsp3) is 0. The summed E-state index contributed by atoms with van der Waals surface area (Å²) in [7, 11) is 0. The van der Waals surface area contributed by atoms with Crippen molar-refractivity contribution in [2.24, 2.45) is 0 Å². The minimum atomic E-state index is -0.436. The Morgan fingerprint density at radius 1 is 0.368 bits per heavy atom. The quantitative estimate of drug-likeness (QED) is 0.173. The van der Waals surface area contributed by atoms with E-state index < -0.39 is 12.1 Å². The predicted molar refractivity (Wildman–Crippen MR) is 239 cm³/mol. The van der Waals surface area contributed by atoms with E-state index in [1.165, 1.54) is 0 Å². The standard InChI is InChI=1S/C54H34N2O/c1-3-13-35(14-4-1)37-23-28-51-45(31-37)46-33-39(25-29-52(46)56(51)48-20-10-7-17-41(48)36-15-5-2-6-16-36)38-24-27-50-44(32-38)42-18-8-11-21-49(42)55(50)40-26-30-54-47(34-40)43-19-9-12-22-53(43)57-54/h1-34H/i8D,11D,18D,21D,24D,27D,32D. The molecule has 3 nitrogen and oxygen atoms in total. The van der Waals surface area contributed by atoms with E-state index in [2.05, 4.69) is 59.2 Å².